The Kier molecular flexibility index (Phi) is 3.85. The lowest BCUT2D eigenvalue weighted by Gasteiger charge is -2.23. The highest BCUT2D eigenvalue weighted by molar-refractivity contribution is 9.10. The van der Waals surface area contributed by atoms with E-state index in [0.717, 1.165) is 23.1 Å². The van der Waals surface area contributed by atoms with Gasteiger partial charge in [-0.25, -0.2) is 0 Å². The molecule has 1 saturated carbocycles. The Morgan fingerprint density at radius 2 is 2.22 bits per heavy atom. The summed E-state index contributed by atoms with van der Waals surface area (Å²) in [6.07, 6.45) is 5.43. The SMILES string of the molecule is CCC(C)(C)CNC(=O)c1cc(Br)cn1C1CC1. The normalized spacial score (nSPS) is 15.8. The molecule has 1 N–H and O–H groups in total. The quantitative estimate of drug-likeness (QED) is 0.882. The Bertz CT molecular complexity index is 447. The highest BCUT2D eigenvalue weighted by Crippen LogP contribution is 2.37. The number of rotatable bonds is 5. The maximum absolute atomic E-state index is 12.2. The van der Waals surface area contributed by atoms with Gasteiger partial charge in [0.2, 0.25) is 0 Å². The average Bonchev–Trinajstić information content (AvgIpc) is 3.09. The molecule has 1 amide bonds. The Labute approximate surface area is 117 Å². The van der Waals surface area contributed by atoms with Crippen molar-refractivity contribution < 1.29 is 4.79 Å². The summed E-state index contributed by atoms with van der Waals surface area (Å²) in [4.78, 5) is 12.2. The molecule has 1 aromatic heterocycles. The van der Waals surface area contributed by atoms with E-state index in [1.165, 1.54) is 12.8 Å². The number of carbonyl (C=O) groups excluding carboxylic acids is 1. The molecule has 1 heterocycles. The second-order valence-electron chi connectivity index (χ2n) is 5.88. The van der Waals surface area contributed by atoms with Crippen LogP contribution in [-0.4, -0.2) is 17.0 Å². The van der Waals surface area contributed by atoms with Crippen LogP contribution in [0, 0.1) is 5.41 Å². The molecule has 0 aliphatic heterocycles. The molecule has 4 heteroatoms. The molecule has 100 valence electrons. The molecule has 3 nitrogen and oxygen atoms in total. The van der Waals surface area contributed by atoms with Crippen molar-refractivity contribution in [2.75, 3.05) is 6.54 Å². The van der Waals surface area contributed by atoms with Gasteiger partial charge >= 0.3 is 0 Å². The van der Waals surface area contributed by atoms with Crippen molar-refractivity contribution in [1.82, 2.24) is 9.88 Å². The van der Waals surface area contributed by atoms with E-state index in [1.807, 2.05) is 12.3 Å². The third-order valence-corrected chi connectivity index (χ3v) is 4.11. The summed E-state index contributed by atoms with van der Waals surface area (Å²) in [5.41, 5.74) is 0.931. The van der Waals surface area contributed by atoms with Gasteiger partial charge in [-0.1, -0.05) is 20.8 Å². The number of hydrogen-bond donors (Lipinski definition) is 1. The van der Waals surface area contributed by atoms with Gasteiger partial charge in [0.05, 0.1) is 0 Å². The summed E-state index contributed by atoms with van der Waals surface area (Å²) in [5.74, 6) is 0.0362. The summed E-state index contributed by atoms with van der Waals surface area (Å²) in [7, 11) is 0. The molecular formula is C14H21BrN2O. The number of aromatic nitrogens is 1. The standard InChI is InChI=1S/C14H21BrN2O/c1-4-14(2,3)9-16-13(18)12-7-10(15)8-17(12)11-5-6-11/h7-8,11H,4-6,9H2,1-3H3,(H,16,18). The Morgan fingerprint density at radius 1 is 1.56 bits per heavy atom. The van der Waals surface area contributed by atoms with Gasteiger partial charge in [0.25, 0.3) is 5.91 Å². The van der Waals surface area contributed by atoms with Gasteiger partial charge in [-0.3, -0.25) is 4.79 Å². The Hall–Kier alpha value is -0.770. The second kappa shape index (κ2) is 5.08. The van der Waals surface area contributed by atoms with Crippen molar-refractivity contribution in [3.63, 3.8) is 0 Å². The van der Waals surface area contributed by atoms with Gasteiger partial charge in [0.15, 0.2) is 0 Å². The fourth-order valence-electron chi connectivity index (χ4n) is 1.82. The van der Waals surface area contributed by atoms with Gasteiger partial charge < -0.3 is 9.88 Å². The molecule has 0 atom stereocenters. The Balaban J connectivity index is 2.04. The fourth-order valence-corrected chi connectivity index (χ4v) is 2.25. The zero-order valence-corrected chi connectivity index (χ0v) is 12.9. The number of carbonyl (C=O) groups is 1. The largest absolute Gasteiger partial charge is 0.350 e. The van der Waals surface area contributed by atoms with Gasteiger partial charge in [0.1, 0.15) is 5.69 Å². The Morgan fingerprint density at radius 3 is 2.78 bits per heavy atom. The predicted molar refractivity (Wildman–Crippen MR) is 76.8 cm³/mol. The molecule has 18 heavy (non-hydrogen) atoms. The number of nitrogens with zero attached hydrogens (tertiary/aromatic N) is 1. The van der Waals surface area contributed by atoms with Crippen molar-refractivity contribution >= 4 is 21.8 Å². The maximum atomic E-state index is 12.2. The molecule has 1 fully saturated rings. The molecule has 0 bridgehead atoms. The average molecular weight is 313 g/mol. The van der Waals surface area contributed by atoms with Crippen LogP contribution in [0.1, 0.15) is 56.6 Å². The lowest BCUT2D eigenvalue weighted by Crippen LogP contribution is -2.34. The highest BCUT2D eigenvalue weighted by atomic mass is 79.9. The highest BCUT2D eigenvalue weighted by Gasteiger charge is 2.28. The van der Waals surface area contributed by atoms with Crippen LogP contribution in [0.4, 0.5) is 0 Å². The predicted octanol–water partition coefficient (Wildman–Crippen LogP) is 3.75. The van der Waals surface area contributed by atoms with Crippen LogP contribution in [0.2, 0.25) is 0 Å². The lowest BCUT2D eigenvalue weighted by molar-refractivity contribution is 0.0926. The fraction of sp³-hybridized carbons (Fsp3) is 0.643. The van der Waals surface area contributed by atoms with E-state index in [9.17, 15) is 4.79 Å². The molecule has 0 unspecified atom stereocenters. The molecule has 0 saturated heterocycles. The summed E-state index contributed by atoms with van der Waals surface area (Å²) in [5, 5.41) is 3.05. The third-order valence-electron chi connectivity index (χ3n) is 3.67. The van der Waals surface area contributed by atoms with Crippen LogP contribution < -0.4 is 5.32 Å². The van der Waals surface area contributed by atoms with Gasteiger partial charge in [0, 0.05) is 23.3 Å². The summed E-state index contributed by atoms with van der Waals surface area (Å²) in [6.45, 7) is 7.21. The number of halogens is 1. The lowest BCUT2D eigenvalue weighted by atomic mass is 9.90. The summed E-state index contributed by atoms with van der Waals surface area (Å²) in [6, 6.07) is 2.43. The molecule has 1 aliphatic carbocycles. The minimum Gasteiger partial charge on any atom is -0.350 e. The van der Waals surface area contributed by atoms with Crippen LogP contribution in [-0.2, 0) is 0 Å². The van der Waals surface area contributed by atoms with Gasteiger partial charge in [-0.2, -0.15) is 0 Å². The van der Waals surface area contributed by atoms with E-state index in [4.69, 9.17) is 0 Å². The van der Waals surface area contributed by atoms with Crippen molar-refractivity contribution in [1.29, 1.82) is 0 Å². The molecular weight excluding hydrogens is 292 g/mol. The molecule has 0 aromatic carbocycles. The van der Waals surface area contributed by atoms with Gasteiger partial charge in [-0.05, 0) is 46.7 Å². The van der Waals surface area contributed by atoms with Crippen LogP contribution >= 0.6 is 15.9 Å². The zero-order valence-electron chi connectivity index (χ0n) is 11.3. The van der Waals surface area contributed by atoms with Crippen LogP contribution in [0.5, 0.6) is 0 Å². The number of nitrogens with one attached hydrogen (secondary N) is 1. The van der Waals surface area contributed by atoms with E-state index >= 15 is 0 Å². The summed E-state index contributed by atoms with van der Waals surface area (Å²) < 4.78 is 3.08. The van der Waals surface area contributed by atoms with Gasteiger partial charge in [-0.15, -0.1) is 0 Å². The first-order valence-electron chi connectivity index (χ1n) is 6.58. The first kappa shape index (κ1) is 13.7. The topological polar surface area (TPSA) is 34.0 Å². The van der Waals surface area contributed by atoms with Crippen molar-refractivity contribution in [2.45, 2.75) is 46.1 Å². The minimum absolute atomic E-state index is 0.0362. The molecule has 0 spiro atoms. The molecule has 2 rings (SSSR count). The van der Waals surface area contributed by atoms with Crippen LogP contribution in [0.3, 0.4) is 0 Å². The van der Waals surface area contributed by atoms with E-state index in [1.54, 1.807) is 0 Å². The van der Waals surface area contributed by atoms with E-state index in [2.05, 4.69) is 46.6 Å². The molecule has 0 radical (unpaired) electrons. The van der Waals surface area contributed by atoms with Crippen molar-refractivity contribution in [3.05, 3.63) is 22.4 Å². The smallest absolute Gasteiger partial charge is 0.267 e. The summed E-state index contributed by atoms with van der Waals surface area (Å²) >= 11 is 3.45. The van der Waals surface area contributed by atoms with Crippen molar-refractivity contribution in [2.24, 2.45) is 5.41 Å². The second-order valence-corrected chi connectivity index (χ2v) is 6.80. The van der Waals surface area contributed by atoms with E-state index in [0.29, 0.717) is 6.04 Å². The molecule has 1 aliphatic rings. The van der Waals surface area contributed by atoms with E-state index < -0.39 is 0 Å². The zero-order chi connectivity index (χ0) is 13.3. The van der Waals surface area contributed by atoms with E-state index in [-0.39, 0.29) is 11.3 Å². The maximum Gasteiger partial charge on any atom is 0.267 e. The van der Waals surface area contributed by atoms with Crippen LogP contribution in [0.15, 0.2) is 16.7 Å². The molecule has 1 aromatic rings. The van der Waals surface area contributed by atoms with Crippen LogP contribution in [0.25, 0.3) is 0 Å². The number of amides is 1. The monoisotopic (exact) mass is 312 g/mol. The van der Waals surface area contributed by atoms with Crippen molar-refractivity contribution in [3.8, 4) is 0 Å². The minimum atomic E-state index is 0.0362. The number of hydrogen-bond acceptors (Lipinski definition) is 1. The first-order chi connectivity index (χ1) is 8.43. The first-order valence-corrected chi connectivity index (χ1v) is 7.38. The third kappa shape index (κ3) is 3.16.